The summed E-state index contributed by atoms with van der Waals surface area (Å²) in [6.07, 6.45) is 3.58. The highest BCUT2D eigenvalue weighted by molar-refractivity contribution is 5.77. The van der Waals surface area contributed by atoms with E-state index in [1.165, 1.54) is 0 Å². The second-order valence-electron chi connectivity index (χ2n) is 5.11. The minimum atomic E-state index is -0.292. The molecule has 0 aliphatic heterocycles. The van der Waals surface area contributed by atoms with Crippen molar-refractivity contribution in [2.45, 2.75) is 32.9 Å². The van der Waals surface area contributed by atoms with Crippen molar-refractivity contribution in [3.8, 4) is 0 Å². The molecular weight excluding hydrogens is 218 g/mol. The van der Waals surface area contributed by atoms with Gasteiger partial charge in [0.25, 0.3) is 0 Å². The molecule has 1 heterocycles. The fourth-order valence-corrected chi connectivity index (χ4v) is 1.24. The summed E-state index contributed by atoms with van der Waals surface area (Å²) in [7, 11) is 3.66. The number of hydrogen-bond donors (Lipinski definition) is 0. The zero-order chi connectivity index (χ0) is 13.1. The molecule has 0 atom stereocenters. The molecule has 0 saturated heterocycles. The Hall–Kier alpha value is -1.36. The van der Waals surface area contributed by atoms with Gasteiger partial charge in [0.05, 0.1) is 12.1 Å². The monoisotopic (exact) mass is 239 g/mol. The van der Waals surface area contributed by atoms with Crippen molar-refractivity contribution < 1.29 is 9.53 Å². The van der Waals surface area contributed by atoms with E-state index in [0.29, 0.717) is 6.54 Å². The minimum Gasteiger partial charge on any atom is -0.366 e. The first-order chi connectivity index (χ1) is 7.79. The maximum Gasteiger partial charge on any atom is 0.248 e. The van der Waals surface area contributed by atoms with Crippen molar-refractivity contribution in [2.75, 3.05) is 13.7 Å². The Morgan fingerprint density at radius 2 is 2.18 bits per heavy atom. The van der Waals surface area contributed by atoms with Crippen LogP contribution in [0.3, 0.4) is 0 Å². The van der Waals surface area contributed by atoms with Crippen LogP contribution in [0.4, 0.5) is 0 Å². The number of likely N-dealkylation sites (N-methyl/N-ethyl adjacent to an activating group) is 1. The van der Waals surface area contributed by atoms with Crippen LogP contribution in [0, 0.1) is 0 Å². The molecule has 5 nitrogen and oxygen atoms in total. The first-order valence-electron chi connectivity index (χ1n) is 5.64. The number of aromatic nitrogens is 2. The van der Waals surface area contributed by atoms with Gasteiger partial charge in [0.1, 0.15) is 12.4 Å². The lowest BCUT2D eigenvalue weighted by atomic mass is 10.2. The lowest BCUT2D eigenvalue weighted by Crippen LogP contribution is -2.34. The number of ether oxygens (including phenoxy) is 1. The number of imidazole rings is 1. The normalized spacial score (nSPS) is 11.6. The van der Waals surface area contributed by atoms with Crippen molar-refractivity contribution in [1.29, 1.82) is 0 Å². The molecule has 17 heavy (non-hydrogen) atoms. The molecule has 0 radical (unpaired) electrons. The maximum atomic E-state index is 11.8. The number of nitrogens with zero attached hydrogens (tertiary/aromatic N) is 3. The highest BCUT2D eigenvalue weighted by Crippen LogP contribution is 2.07. The van der Waals surface area contributed by atoms with E-state index in [9.17, 15) is 4.79 Å². The highest BCUT2D eigenvalue weighted by atomic mass is 16.5. The van der Waals surface area contributed by atoms with E-state index < -0.39 is 0 Å². The fraction of sp³-hybridized carbons (Fsp3) is 0.667. The van der Waals surface area contributed by atoms with Gasteiger partial charge in [0.15, 0.2) is 0 Å². The number of rotatable bonds is 4. The number of amides is 1. The summed E-state index contributed by atoms with van der Waals surface area (Å²) in [5.41, 5.74) is -0.292. The van der Waals surface area contributed by atoms with Crippen molar-refractivity contribution in [1.82, 2.24) is 14.5 Å². The van der Waals surface area contributed by atoms with Crippen molar-refractivity contribution >= 4 is 5.91 Å². The van der Waals surface area contributed by atoms with Gasteiger partial charge in [0, 0.05) is 26.5 Å². The Bertz CT molecular complexity index is 379. The molecule has 1 amide bonds. The van der Waals surface area contributed by atoms with Gasteiger partial charge in [-0.15, -0.1) is 0 Å². The minimum absolute atomic E-state index is 0.0390. The van der Waals surface area contributed by atoms with E-state index in [-0.39, 0.29) is 18.1 Å². The summed E-state index contributed by atoms with van der Waals surface area (Å²) < 4.78 is 7.34. The molecule has 0 spiro atoms. The summed E-state index contributed by atoms with van der Waals surface area (Å²) in [6, 6.07) is 0. The summed E-state index contributed by atoms with van der Waals surface area (Å²) in [5.74, 6) is 0.819. The molecule has 1 rings (SSSR count). The Kier molecular flexibility index (Phi) is 4.28. The van der Waals surface area contributed by atoms with E-state index in [1.54, 1.807) is 18.1 Å². The molecule has 0 aromatic carbocycles. The SMILES string of the molecule is CN(Cc1nccn1C)C(=O)COC(C)(C)C. The second kappa shape index (κ2) is 5.31. The topological polar surface area (TPSA) is 47.4 Å². The first-order valence-corrected chi connectivity index (χ1v) is 5.64. The van der Waals surface area contributed by atoms with Crippen LogP contribution in [0.15, 0.2) is 12.4 Å². The molecule has 0 saturated carbocycles. The Morgan fingerprint density at radius 1 is 1.53 bits per heavy atom. The molecule has 5 heteroatoms. The zero-order valence-electron chi connectivity index (χ0n) is 11.2. The Morgan fingerprint density at radius 3 is 2.65 bits per heavy atom. The Balaban J connectivity index is 2.45. The van der Waals surface area contributed by atoms with E-state index in [2.05, 4.69) is 4.98 Å². The Labute approximate surface area is 102 Å². The zero-order valence-corrected chi connectivity index (χ0v) is 11.2. The third kappa shape index (κ3) is 4.56. The summed E-state index contributed by atoms with van der Waals surface area (Å²) in [6.45, 7) is 6.39. The molecule has 0 unspecified atom stereocenters. The smallest absolute Gasteiger partial charge is 0.248 e. The van der Waals surface area contributed by atoms with Gasteiger partial charge in [-0.2, -0.15) is 0 Å². The lowest BCUT2D eigenvalue weighted by molar-refractivity contribution is -0.140. The van der Waals surface area contributed by atoms with Gasteiger partial charge in [-0.3, -0.25) is 4.79 Å². The van der Waals surface area contributed by atoms with E-state index in [4.69, 9.17) is 4.74 Å². The highest BCUT2D eigenvalue weighted by Gasteiger charge is 2.16. The van der Waals surface area contributed by atoms with E-state index >= 15 is 0 Å². The van der Waals surface area contributed by atoms with Crippen LogP contribution >= 0.6 is 0 Å². The van der Waals surface area contributed by atoms with E-state index in [1.807, 2.05) is 38.6 Å². The van der Waals surface area contributed by atoms with Crippen LogP contribution in [0.25, 0.3) is 0 Å². The summed E-state index contributed by atoms with van der Waals surface area (Å²) in [5, 5.41) is 0. The van der Waals surface area contributed by atoms with Crippen LogP contribution in [0.5, 0.6) is 0 Å². The summed E-state index contributed by atoms with van der Waals surface area (Å²) in [4.78, 5) is 17.6. The molecule has 1 aromatic heterocycles. The van der Waals surface area contributed by atoms with Crippen molar-refractivity contribution in [3.05, 3.63) is 18.2 Å². The predicted molar refractivity (Wildman–Crippen MR) is 65.4 cm³/mol. The van der Waals surface area contributed by atoms with Crippen LogP contribution in [-0.2, 0) is 23.1 Å². The average Bonchev–Trinajstić information content (AvgIpc) is 2.59. The predicted octanol–water partition coefficient (Wildman–Crippen LogP) is 1.19. The van der Waals surface area contributed by atoms with Gasteiger partial charge in [-0.1, -0.05) is 0 Å². The molecule has 0 fully saturated rings. The van der Waals surface area contributed by atoms with E-state index in [0.717, 1.165) is 5.82 Å². The average molecular weight is 239 g/mol. The van der Waals surface area contributed by atoms with Crippen LogP contribution in [0.1, 0.15) is 26.6 Å². The molecule has 0 bridgehead atoms. The third-order valence-electron chi connectivity index (χ3n) is 2.35. The largest absolute Gasteiger partial charge is 0.366 e. The lowest BCUT2D eigenvalue weighted by Gasteiger charge is -2.22. The van der Waals surface area contributed by atoms with Gasteiger partial charge >= 0.3 is 0 Å². The van der Waals surface area contributed by atoms with Crippen LogP contribution in [0.2, 0.25) is 0 Å². The number of hydrogen-bond acceptors (Lipinski definition) is 3. The van der Waals surface area contributed by atoms with Crippen molar-refractivity contribution in [2.24, 2.45) is 7.05 Å². The number of carbonyl (C=O) groups is 1. The van der Waals surface area contributed by atoms with Gasteiger partial charge < -0.3 is 14.2 Å². The third-order valence-corrected chi connectivity index (χ3v) is 2.35. The van der Waals surface area contributed by atoms with Gasteiger partial charge in [0.2, 0.25) is 5.91 Å². The quantitative estimate of drug-likeness (QED) is 0.793. The molecule has 0 N–H and O–H groups in total. The van der Waals surface area contributed by atoms with Gasteiger partial charge in [-0.05, 0) is 20.8 Å². The number of aryl methyl sites for hydroxylation is 1. The number of carbonyl (C=O) groups excluding carboxylic acids is 1. The molecule has 0 aliphatic carbocycles. The molecule has 1 aromatic rings. The molecular formula is C12H21N3O2. The maximum absolute atomic E-state index is 11.8. The van der Waals surface area contributed by atoms with Crippen LogP contribution < -0.4 is 0 Å². The molecule has 96 valence electrons. The second-order valence-corrected chi connectivity index (χ2v) is 5.11. The standard InChI is InChI=1S/C12H21N3O2/c1-12(2,3)17-9-11(16)15(5)8-10-13-6-7-14(10)4/h6-7H,8-9H2,1-5H3. The summed E-state index contributed by atoms with van der Waals surface area (Å²) >= 11 is 0. The first kappa shape index (κ1) is 13.7. The molecule has 0 aliphatic rings. The van der Waals surface area contributed by atoms with Crippen molar-refractivity contribution in [3.63, 3.8) is 0 Å². The fourth-order valence-electron chi connectivity index (χ4n) is 1.24. The van der Waals surface area contributed by atoms with Gasteiger partial charge in [-0.25, -0.2) is 4.98 Å². The van der Waals surface area contributed by atoms with Crippen LogP contribution in [-0.4, -0.2) is 39.6 Å².